The molecule has 0 aliphatic rings. The van der Waals surface area contributed by atoms with E-state index in [1.54, 1.807) is 26.0 Å². The molecule has 1 unspecified atom stereocenters. The van der Waals surface area contributed by atoms with Crippen molar-refractivity contribution in [3.8, 4) is 0 Å². The maximum atomic E-state index is 13.6. The van der Waals surface area contributed by atoms with Crippen LogP contribution in [0.25, 0.3) is 0 Å². The molecule has 0 fully saturated rings. The summed E-state index contributed by atoms with van der Waals surface area (Å²) in [6.45, 7) is 3.78. The molecule has 0 spiro atoms. The largest absolute Gasteiger partial charge is 0.306 e. The summed E-state index contributed by atoms with van der Waals surface area (Å²) in [6.07, 6.45) is 0. The Morgan fingerprint density at radius 2 is 1.65 bits per heavy atom. The second kappa shape index (κ2) is 6.09. The van der Waals surface area contributed by atoms with Crippen molar-refractivity contribution in [2.24, 2.45) is 0 Å². The van der Waals surface area contributed by atoms with Crippen LogP contribution in [0.15, 0.2) is 36.4 Å². The SMILES string of the molecule is Cc1cc(CNC(C)c2c(F)cccc2F)ccc1F. The van der Waals surface area contributed by atoms with Gasteiger partial charge in [-0.15, -0.1) is 0 Å². The van der Waals surface area contributed by atoms with Gasteiger partial charge in [0.05, 0.1) is 0 Å². The van der Waals surface area contributed by atoms with E-state index in [1.807, 2.05) is 0 Å². The summed E-state index contributed by atoms with van der Waals surface area (Å²) in [4.78, 5) is 0. The Hall–Kier alpha value is -1.81. The quantitative estimate of drug-likeness (QED) is 0.881. The summed E-state index contributed by atoms with van der Waals surface area (Å²) < 4.78 is 40.4. The highest BCUT2D eigenvalue weighted by Crippen LogP contribution is 2.20. The van der Waals surface area contributed by atoms with Crippen LogP contribution in [-0.2, 0) is 6.54 Å². The molecule has 0 aliphatic heterocycles. The van der Waals surface area contributed by atoms with Crippen molar-refractivity contribution in [1.82, 2.24) is 5.32 Å². The number of benzene rings is 2. The molecule has 0 aromatic heterocycles. The molecule has 1 N–H and O–H groups in total. The van der Waals surface area contributed by atoms with Gasteiger partial charge in [-0.25, -0.2) is 13.2 Å². The first-order valence-corrected chi connectivity index (χ1v) is 6.41. The molecular formula is C16H16F3N. The van der Waals surface area contributed by atoms with E-state index in [-0.39, 0.29) is 11.4 Å². The summed E-state index contributed by atoms with van der Waals surface area (Å²) >= 11 is 0. The van der Waals surface area contributed by atoms with E-state index in [0.717, 1.165) is 5.56 Å². The van der Waals surface area contributed by atoms with Gasteiger partial charge in [-0.3, -0.25) is 0 Å². The van der Waals surface area contributed by atoms with Crippen LogP contribution in [0.1, 0.15) is 29.7 Å². The van der Waals surface area contributed by atoms with Gasteiger partial charge in [0.2, 0.25) is 0 Å². The zero-order valence-corrected chi connectivity index (χ0v) is 11.4. The van der Waals surface area contributed by atoms with E-state index in [4.69, 9.17) is 0 Å². The van der Waals surface area contributed by atoms with Crippen molar-refractivity contribution in [1.29, 1.82) is 0 Å². The number of nitrogens with one attached hydrogen (secondary N) is 1. The highest BCUT2D eigenvalue weighted by atomic mass is 19.1. The van der Waals surface area contributed by atoms with E-state index < -0.39 is 17.7 Å². The van der Waals surface area contributed by atoms with Crippen LogP contribution in [0.2, 0.25) is 0 Å². The molecule has 20 heavy (non-hydrogen) atoms. The van der Waals surface area contributed by atoms with E-state index in [1.165, 1.54) is 24.3 Å². The van der Waals surface area contributed by atoms with Gasteiger partial charge in [-0.1, -0.05) is 18.2 Å². The van der Waals surface area contributed by atoms with E-state index in [2.05, 4.69) is 5.32 Å². The van der Waals surface area contributed by atoms with Crippen molar-refractivity contribution in [3.63, 3.8) is 0 Å². The van der Waals surface area contributed by atoms with Crippen LogP contribution in [-0.4, -0.2) is 0 Å². The highest BCUT2D eigenvalue weighted by molar-refractivity contribution is 5.25. The normalized spacial score (nSPS) is 12.4. The standard InChI is InChI=1S/C16H16F3N/c1-10-8-12(6-7-13(10)17)9-20-11(2)16-14(18)4-3-5-15(16)19/h3-8,11,20H,9H2,1-2H3. The Kier molecular flexibility index (Phi) is 4.45. The summed E-state index contributed by atoms with van der Waals surface area (Å²) in [5.74, 6) is -1.40. The molecule has 0 saturated carbocycles. The number of rotatable bonds is 4. The Bertz CT molecular complexity index is 590. The van der Waals surface area contributed by atoms with Crippen molar-refractivity contribution in [2.75, 3.05) is 0 Å². The lowest BCUT2D eigenvalue weighted by molar-refractivity contribution is 0.487. The molecule has 106 valence electrons. The molecule has 2 rings (SSSR count). The maximum Gasteiger partial charge on any atom is 0.130 e. The fourth-order valence-corrected chi connectivity index (χ4v) is 2.11. The van der Waals surface area contributed by atoms with Crippen LogP contribution < -0.4 is 5.32 Å². The van der Waals surface area contributed by atoms with Crippen molar-refractivity contribution < 1.29 is 13.2 Å². The van der Waals surface area contributed by atoms with Gasteiger partial charge in [0.1, 0.15) is 17.5 Å². The minimum atomic E-state index is -0.569. The van der Waals surface area contributed by atoms with Gasteiger partial charge >= 0.3 is 0 Å². The lowest BCUT2D eigenvalue weighted by Crippen LogP contribution is -2.20. The van der Waals surface area contributed by atoms with Gasteiger partial charge in [0.25, 0.3) is 0 Å². The second-order valence-corrected chi connectivity index (χ2v) is 4.82. The summed E-state index contributed by atoms with van der Waals surface area (Å²) in [7, 11) is 0. The van der Waals surface area contributed by atoms with Crippen LogP contribution in [0.4, 0.5) is 13.2 Å². The lowest BCUT2D eigenvalue weighted by atomic mass is 10.1. The van der Waals surface area contributed by atoms with Gasteiger partial charge in [-0.05, 0) is 43.2 Å². The van der Waals surface area contributed by atoms with Crippen LogP contribution >= 0.6 is 0 Å². The number of hydrogen-bond acceptors (Lipinski definition) is 1. The Morgan fingerprint density at radius 3 is 2.25 bits per heavy atom. The molecule has 1 atom stereocenters. The van der Waals surface area contributed by atoms with Gasteiger partial charge in [0.15, 0.2) is 0 Å². The molecule has 2 aromatic rings. The fourth-order valence-electron chi connectivity index (χ4n) is 2.11. The predicted molar refractivity (Wildman–Crippen MR) is 72.7 cm³/mol. The second-order valence-electron chi connectivity index (χ2n) is 4.82. The Labute approximate surface area is 116 Å². The Balaban J connectivity index is 2.08. The average Bonchev–Trinajstić information content (AvgIpc) is 2.40. The lowest BCUT2D eigenvalue weighted by Gasteiger charge is -2.16. The average molecular weight is 279 g/mol. The molecule has 1 nitrogen and oxygen atoms in total. The van der Waals surface area contributed by atoms with Gasteiger partial charge < -0.3 is 5.32 Å². The van der Waals surface area contributed by atoms with Crippen LogP contribution in [0.5, 0.6) is 0 Å². The third-order valence-electron chi connectivity index (χ3n) is 3.27. The third-order valence-corrected chi connectivity index (χ3v) is 3.27. The van der Waals surface area contributed by atoms with Crippen molar-refractivity contribution >= 4 is 0 Å². The minimum absolute atomic E-state index is 0.0198. The zero-order chi connectivity index (χ0) is 14.7. The molecule has 0 heterocycles. The molecule has 0 amide bonds. The van der Waals surface area contributed by atoms with E-state index in [9.17, 15) is 13.2 Å². The zero-order valence-electron chi connectivity index (χ0n) is 11.4. The highest BCUT2D eigenvalue weighted by Gasteiger charge is 2.15. The maximum absolute atomic E-state index is 13.6. The molecule has 4 heteroatoms. The first-order valence-electron chi connectivity index (χ1n) is 6.41. The molecular weight excluding hydrogens is 263 g/mol. The molecule has 2 aromatic carbocycles. The molecule has 0 bridgehead atoms. The smallest absolute Gasteiger partial charge is 0.130 e. The monoisotopic (exact) mass is 279 g/mol. The number of aryl methyl sites for hydroxylation is 1. The number of halogens is 3. The first kappa shape index (κ1) is 14.6. The first-order chi connectivity index (χ1) is 9.49. The van der Waals surface area contributed by atoms with Crippen molar-refractivity contribution in [3.05, 3.63) is 70.5 Å². The fraction of sp³-hybridized carbons (Fsp3) is 0.250. The molecule has 0 radical (unpaired) electrons. The summed E-state index contributed by atoms with van der Waals surface area (Å²) in [5, 5.41) is 3.04. The van der Waals surface area contributed by atoms with E-state index >= 15 is 0 Å². The molecule has 0 saturated heterocycles. The van der Waals surface area contributed by atoms with E-state index in [0.29, 0.717) is 12.1 Å². The van der Waals surface area contributed by atoms with Gasteiger partial charge in [-0.2, -0.15) is 0 Å². The Morgan fingerprint density at radius 1 is 1.00 bits per heavy atom. The van der Waals surface area contributed by atoms with Gasteiger partial charge in [0, 0.05) is 18.2 Å². The summed E-state index contributed by atoms with van der Waals surface area (Å²) in [6, 6.07) is 8.09. The topological polar surface area (TPSA) is 12.0 Å². The predicted octanol–water partition coefficient (Wildman–Crippen LogP) is 4.26. The number of hydrogen-bond donors (Lipinski definition) is 1. The summed E-state index contributed by atoms with van der Waals surface area (Å²) in [5.41, 5.74) is 1.44. The third kappa shape index (κ3) is 3.20. The van der Waals surface area contributed by atoms with Crippen LogP contribution in [0, 0.1) is 24.4 Å². The van der Waals surface area contributed by atoms with Crippen LogP contribution in [0.3, 0.4) is 0 Å². The molecule has 0 aliphatic carbocycles. The minimum Gasteiger partial charge on any atom is -0.306 e. The van der Waals surface area contributed by atoms with Crippen molar-refractivity contribution in [2.45, 2.75) is 26.4 Å².